The molecule has 0 radical (unpaired) electrons. The van der Waals surface area contributed by atoms with Gasteiger partial charge in [0.05, 0.1) is 13.2 Å². The van der Waals surface area contributed by atoms with Gasteiger partial charge >= 0.3 is 0 Å². The van der Waals surface area contributed by atoms with Crippen LogP contribution in [0.4, 0.5) is 4.39 Å². The first-order chi connectivity index (χ1) is 10.2. The van der Waals surface area contributed by atoms with Gasteiger partial charge in [0.15, 0.2) is 0 Å². The summed E-state index contributed by atoms with van der Waals surface area (Å²) in [5.41, 5.74) is 1.01. The van der Waals surface area contributed by atoms with Crippen LogP contribution in [-0.2, 0) is 9.53 Å². The van der Waals surface area contributed by atoms with Gasteiger partial charge in [-0.15, -0.1) is 0 Å². The van der Waals surface area contributed by atoms with Crippen molar-refractivity contribution in [1.82, 2.24) is 10.6 Å². The molecule has 0 bridgehead atoms. The molecule has 118 valence electrons. The van der Waals surface area contributed by atoms with Crippen LogP contribution < -0.4 is 10.6 Å². The van der Waals surface area contributed by atoms with Gasteiger partial charge < -0.3 is 15.4 Å². The number of rotatable bonds is 10. The molecule has 1 amide bonds. The summed E-state index contributed by atoms with van der Waals surface area (Å²) < 4.78 is 17.9. The Morgan fingerprint density at radius 3 is 2.67 bits per heavy atom. The van der Waals surface area contributed by atoms with E-state index < -0.39 is 0 Å². The van der Waals surface area contributed by atoms with Crippen LogP contribution in [0.2, 0.25) is 0 Å². The molecule has 4 nitrogen and oxygen atoms in total. The van der Waals surface area contributed by atoms with Crippen molar-refractivity contribution in [2.45, 2.75) is 32.2 Å². The van der Waals surface area contributed by atoms with E-state index in [0.29, 0.717) is 13.2 Å². The number of carbonyl (C=O) groups is 1. The summed E-state index contributed by atoms with van der Waals surface area (Å²) >= 11 is 0. The zero-order chi connectivity index (χ0) is 15.5. The third-order valence-corrected chi connectivity index (χ3v) is 3.26. The molecule has 0 heterocycles. The standard InChI is InChI=1S/C16H25FN2O2/c1-3-4-5-15(13-6-8-14(17)9-7-13)19-12-16(20)18-10-11-21-2/h6-9,15,19H,3-5,10-12H2,1-2H3,(H,18,20). The van der Waals surface area contributed by atoms with Gasteiger partial charge in [-0.05, 0) is 24.1 Å². The highest BCUT2D eigenvalue weighted by Crippen LogP contribution is 2.19. The Balaban J connectivity index is 2.50. The molecule has 0 saturated carbocycles. The molecular formula is C16H25FN2O2. The van der Waals surface area contributed by atoms with E-state index >= 15 is 0 Å². The molecule has 2 N–H and O–H groups in total. The summed E-state index contributed by atoms with van der Waals surface area (Å²) in [6.07, 6.45) is 3.06. The zero-order valence-corrected chi connectivity index (χ0v) is 12.8. The van der Waals surface area contributed by atoms with Crippen LogP contribution in [0.5, 0.6) is 0 Å². The number of unbranched alkanes of at least 4 members (excludes halogenated alkanes) is 1. The molecule has 1 aromatic rings. The maximum absolute atomic E-state index is 13.0. The Hall–Kier alpha value is -1.46. The first-order valence-corrected chi connectivity index (χ1v) is 7.41. The zero-order valence-electron chi connectivity index (χ0n) is 12.8. The molecule has 1 atom stereocenters. The average molecular weight is 296 g/mol. The minimum atomic E-state index is -0.245. The van der Waals surface area contributed by atoms with Gasteiger partial charge in [-0.1, -0.05) is 31.9 Å². The predicted molar refractivity (Wildman–Crippen MR) is 81.6 cm³/mol. The lowest BCUT2D eigenvalue weighted by atomic mass is 10.0. The smallest absolute Gasteiger partial charge is 0.234 e. The lowest BCUT2D eigenvalue weighted by Gasteiger charge is -2.19. The highest BCUT2D eigenvalue weighted by atomic mass is 19.1. The van der Waals surface area contributed by atoms with Gasteiger partial charge in [-0.3, -0.25) is 4.79 Å². The number of halogens is 1. The minimum Gasteiger partial charge on any atom is -0.383 e. The van der Waals surface area contributed by atoms with Gasteiger partial charge in [0, 0.05) is 19.7 Å². The maximum Gasteiger partial charge on any atom is 0.234 e. The van der Waals surface area contributed by atoms with Crippen LogP contribution in [0.25, 0.3) is 0 Å². The summed E-state index contributed by atoms with van der Waals surface area (Å²) in [6.45, 7) is 3.38. The first kappa shape index (κ1) is 17.6. The van der Waals surface area contributed by atoms with Crippen LogP contribution in [0, 0.1) is 5.82 Å². The normalized spacial score (nSPS) is 12.1. The fourth-order valence-electron chi connectivity index (χ4n) is 2.06. The molecule has 0 aliphatic rings. The number of benzene rings is 1. The molecule has 0 fully saturated rings. The number of carbonyl (C=O) groups excluding carboxylic acids is 1. The van der Waals surface area contributed by atoms with Crippen molar-refractivity contribution in [1.29, 1.82) is 0 Å². The van der Waals surface area contributed by atoms with E-state index in [4.69, 9.17) is 4.74 Å². The molecule has 0 aliphatic carbocycles. The van der Waals surface area contributed by atoms with Crippen LogP contribution in [0.3, 0.4) is 0 Å². The van der Waals surface area contributed by atoms with Crippen LogP contribution in [0.1, 0.15) is 37.8 Å². The predicted octanol–water partition coefficient (Wildman–Crippen LogP) is 2.41. The summed E-state index contributed by atoms with van der Waals surface area (Å²) in [5.74, 6) is -0.305. The third kappa shape index (κ3) is 7.20. The Morgan fingerprint density at radius 2 is 2.05 bits per heavy atom. The molecule has 0 saturated heterocycles. The number of methoxy groups -OCH3 is 1. The third-order valence-electron chi connectivity index (χ3n) is 3.26. The number of nitrogens with one attached hydrogen (secondary N) is 2. The van der Waals surface area contributed by atoms with Crippen molar-refractivity contribution in [3.63, 3.8) is 0 Å². The lowest BCUT2D eigenvalue weighted by molar-refractivity contribution is -0.120. The summed E-state index contributed by atoms with van der Waals surface area (Å²) in [5, 5.41) is 6.01. The van der Waals surface area contributed by atoms with E-state index in [-0.39, 0.29) is 24.3 Å². The number of amides is 1. The SMILES string of the molecule is CCCCC(NCC(=O)NCCOC)c1ccc(F)cc1. The molecule has 0 aromatic heterocycles. The summed E-state index contributed by atoms with van der Waals surface area (Å²) in [6, 6.07) is 6.51. The van der Waals surface area contributed by atoms with E-state index in [1.54, 1.807) is 19.2 Å². The van der Waals surface area contributed by atoms with Crippen molar-refractivity contribution < 1.29 is 13.9 Å². The Kier molecular flexibility index (Phi) is 8.62. The van der Waals surface area contributed by atoms with E-state index in [2.05, 4.69) is 17.6 Å². The van der Waals surface area contributed by atoms with E-state index in [1.165, 1.54) is 12.1 Å². The molecule has 5 heteroatoms. The molecule has 0 spiro atoms. The minimum absolute atomic E-state index is 0.0596. The summed E-state index contributed by atoms with van der Waals surface area (Å²) in [4.78, 5) is 11.7. The van der Waals surface area contributed by atoms with Crippen molar-refractivity contribution >= 4 is 5.91 Å². The largest absolute Gasteiger partial charge is 0.383 e. The van der Waals surface area contributed by atoms with Gasteiger partial charge in [-0.25, -0.2) is 4.39 Å². The molecular weight excluding hydrogens is 271 g/mol. The van der Waals surface area contributed by atoms with Crippen molar-refractivity contribution in [2.24, 2.45) is 0 Å². The Bertz CT molecular complexity index is 409. The Labute approximate surface area is 126 Å². The van der Waals surface area contributed by atoms with Crippen molar-refractivity contribution in [3.05, 3.63) is 35.6 Å². The molecule has 1 unspecified atom stereocenters. The fraction of sp³-hybridized carbons (Fsp3) is 0.562. The Morgan fingerprint density at radius 1 is 1.33 bits per heavy atom. The van der Waals surface area contributed by atoms with Crippen LogP contribution in [0.15, 0.2) is 24.3 Å². The van der Waals surface area contributed by atoms with E-state index in [9.17, 15) is 9.18 Å². The lowest BCUT2D eigenvalue weighted by Crippen LogP contribution is -2.37. The molecule has 0 aliphatic heterocycles. The second-order valence-corrected chi connectivity index (χ2v) is 4.97. The number of hydrogen-bond donors (Lipinski definition) is 2. The maximum atomic E-state index is 13.0. The van der Waals surface area contributed by atoms with Gasteiger partial charge in [0.25, 0.3) is 0 Å². The van der Waals surface area contributed by atoms with Crippen LogP contribution >= 0.6 is 0 Å². The second kappa shape index (κ2) is 10.3. The highest BCUT2D eigenvalue weighted by Gasteiger charge is 2.12. The topological polar surface area (TPSA) is 50.4 Å². The quantitative estimate of drug-likeness (QED) is 0.652. The van der Waals surface area contributed by atoms with E-state index in [1.807, 2.05) is 0 Å². The number of ether oxygens (including phenoxy) is 1. The van der Waals surface area contributed by atoms with Gasteiger partial charge in [-0.2, -0.15) is 0 Å². The monoisotopic (exact) mass is 296 g/mol. The molecule has 1 aromatic carbocycles. The van der Waals surface area contributed by atoms with E-state index in [0.717, 1.165) is 24.8 Å². The fourth-order valence-corrected chi connectivity index (χ4v) is 2.06. The molecule has 1 rings (SSSR count). The molecule has 21 heavy (non-hydrogen) atoms. The van der Waals surface area contributed by atoms with Crippen LogP contribution in [-0.4, -0.2) is 32.7 Å². The van der Waals surface area contributed by atoms with Crippen molar-refractivity contribution in [2.75, 3.05) is 26.8 Å². The van der Waals surface area contributed by atoms with Crippen molar-refractivity contribution in [3.8, 4) is 0 Å². The summed E-state index contributed by atoms with van der Waals surface area (Å²) in [7, 11) is 1.60. The van der Waals surface area contributed by atoms with Gasteiger partial charge in [0.2, 0.25) is 5.91 Å². The second-order valence-electron chi connectivity index (χ2n) is 4.97. The number of hydrogen-bond acceptors (Lipinski definition) is 3. The average Bonchev–Trinajstić information content (AvgIpc) is 2.49. The first-order valence-electron chi connectivity index (χ1n) is 7.41. The highest BCUT2D eigenvalue weighted by molar-refractivity contribution is 5.78. The van der Waals surface area contributed by atoms with Gasteiger partial charge in [0.1, 0.15) is 5.82 Å².